The van der Waals surface area contributed by atoms with Gasteiger partial charge in [0.15, 0.2) is 6.61 Å². The van der Waals surface area contributed by atoms with E-state index in [2.05, 4.69) is 6.07 Å². The van der Waals surface area contributed by atoms with Gasteiger partial charge in [0.05, 0.1) is 11.1 Å². The molecule has 0 fully saturated rings. The average Bonchev–Trinajstić information content (AvgIpc) is 3.08. The topological polar surface area (TPSA) is 63.7 Å². The molecule has 2 heterocycles. The first-order valence-corrected chi connectivity index (χ1v) is 8.50. The molecule has 0 aliphatic carbocycles. The highest BCUT2D eigenvalue weighted by Crippen LogP contribution is 2.21. The third kappa shape index (κ3) is 3.46. The van der Waals surface area contributed by atoms with E-state index in [1.807, 2.05) is 71.3 Å². The second kappa shape index (κ2) is 7.22. The zero-order valence-electron chi connectivity index (χ0n) is 14.5. The summed E-state index contributed by atoms with van der Waals surface area (Å²) in [6.45, 7) is -0.155. The highest BCUT2D eigenvalue weighted by atomic mass is 16.6. The van der Waals surface area contributed by atoms with Gasteiger partial charge >= 0.3 is 5.97 Å². The second-order valence-corrected chi connectivity index (χ2v) is 6.09. The SMILES string of the molecule is N#Cc1c(COC(=O)COc2ccc3ccccc3c2)cn2ccccc12. The first-order valence-electron chi connectivity index (χ1n) is 8.50. The Labute approximate surface area is 156 Å². The minimum Gasteiger partial charge on any atom is -0.482 e. The van der Waals surface area contributed by atoms with Crippen molar-refractivity contribution >= 4 is 22.3 Å². The number of esters is 1. The van der Waals surface area contributed by atoms with Crippen molar-refractivity contribution in [3.05, 3.63) is 84.2 Å². The first-order chi connectivity index (χ1) is 13.2. The highest BCUT2D eigenvalue weighted by Gasteiger charge is 2.12. The molecule has 0 saturated heterocycles. The van der Waals surface area contributed by atoms with Crippen LogP contribution in [0.1, 0.15) is 11.1 Å². The largest absolute Gasteiger partial charge is 0.482 e. The minimum absolute atomic E-state index is 0.0322. The van der Waals surface area contributed by atoms with E-state index in [1.54, 1.807) is 6.20 Å². The first kappa shape index (κ1) is 16.7. The molecule has 5 heteroatoms. The number of carbonyl (C=O) groups is 1. The monoisotopic (exact) mass is 356 g/mol. The van der Waals surface area contributed by atoms with Gasteiger partial charge < -0.3 is 13.9 Å². The Hall–Kier alpha value is -3.78. The summed E-state index contributed by atoms with van der Waals surface area (Å²) in [7, 11) is 0. The van der Waals surface area contributed by atoms with Crippen LogP contribution in [0.5, 0.6) is 5.75 Å². The standard InChI is InChI=1S/C22H16N2O3/c23-12-20-18(13-24-10-4-3-7-21(20)24)14-27-22(25)15-26-19-9-8-16-5-1-2-6-17(16)11-19/h1-11,13H,14-15H2. The summed E-state index contributed by atoms with van der Waals surface area (Å²) in [6, 6.07) is 21.4. The van der Waals surface area contributed by atoms with Crippen molar-refractivity contribution in [1.29, 1.82) is 5.26 Å². The molecule has 4 rings (SSSR count). The van der Waals surface area contributed by atoms with Crippen LogP contribution >= 0.6 is 0 Å². The molecule has 0 amide bonds. The zero-order valence-corrected chi connectivity index (χ0v) is 14.5. The van der Waals surface area contributed by atoms with Crippen LogP contribution in [0, 0.1) is 11.3 Å². The van der Waals surface area contributed by atoms with Crippen molar-refractivity contribution in [2.45, 2.75) is 6.61 Å². The molecule has 0 atom stereocenters. The van der Waals surface area contributed by atoms with E-state index in [0.717, 1.165) is 16.3 Å². The van der Waals surface area contributed by atoms with Crippen LogP contribution in [-0.2, 0) is 16.1 Å². The van der Waals surface area contributed by atoms with Crippen molar-refractivity contribution in [2.75, 3.05) is 6.61 Å². The number of fused-ring (bicyclic) bond motifs is 2. The highest BCUT2D eigenvalue weighted by molar-refractivity contribution is 5.83. The van der Waals surface area contributed by atoms with Gasteiger partial charge in [-0.2, -0.15) is 5.26 Å². The Morgan fingerprint density at radius 1 is 1.04 bits per heavy atom. The average molecular weight is 356 g/mol. The summed E-state index contributed by atoms with van der Waals surface area (Å²) >= 11 is 0. The van der Waals surface area contributed by atoms with Gasteiger partial charge in [0.25, 0.3) is 0 Å². The fraction of sp³-hybridized carbons (Fsp3) is 0.0909. The number of carbonyl (C=O) groups excluding carboxylic acids is 1. The maximum atomic E-state index is 12.0. The lowest BCUT2D eigenvalue weighted by molar-refractivity contribution is -0.147. The molecule has 132 valence electrons. The maximum Gasteiger partial charge on any atom is 0.344 e. The van der Waals surface area contributed by atoms with Crippen molar-refractivity contribution in [3.63, 3.8) is 0 Å². The number of rotatable bonds is 5. The van der Waals surface area contributed by atoms with E-state index in [9.17, 15) is 10.1 Å². The number of benzene rings is 2. The van der Waals surface area contributed by atoms with Gasteiger partial charge in [-0.1, -0.05) is 36.4 Å². The molecule has 0 saturated carbocycles. The summed E-state index contributed by atoms with van der Waals surface area (Å²) < 4.78 is 12.7. The molecule has 0 aliphatic heterocycles. The van der Waals surface area contributed by atoms with E-state index < -0.39 is 5.97 Å². The van der Waals surface area contributed by atoms with Gasteiger partial charge in [0.1, 0.15) is 18.4 Å². The Morgan fingerprint density at radius 3 is 2.70 bits per heavy atom. The molecule has 2 aromatic carbocycles. The summed E-state index contributed by atoms with van der Waals surface area (Å²) in [5, 5.41) is 11.5. The molecule has 5 nitrogen and oxygen atoms in total. The Balaban J connectivity index is 1.39. The van der Waals surface area contributed by atoms with Crippen molar-refractivity contribution in [1.82, 2.24) is 4.40 Å². The number of aromatic nitrogens is 1. The molecule has 2 aromatic heterocycles. The van der Waals surface area contributed by atoms with E-state index in [4.69, 9.17) is 9.47 Å². The van der Waals surface area contributed by atoms with Crippen LogP contribution in [0.15, 0.2) is 73.1 Å². The lowest BCUT2D eigenvalue weighted by atomic mass is 10.1. The summed E-state index contributed by atoms with van der Waals surface area (Å²) in [5.41, 5.74) is 1.97. The zero-order chi connectivity index (χ0) is 18.6. The van der Waals surface area contributed by atoms with Crippen LogP contribution in [0.25, 0.3) is 16.3 Å². The van der Waals surface area contributed by atoms with Gasteiger partial charge in [-0.3, -0.25) is 0 Å². The third-order valence-corrected chi connectivity index (χ3v) is 4.34. The number of hydrogen-bond donors (Lipinski definition) is 0. The number of ether oxygens (including phenoxy) is 2. The summed E-state index contributed by atoms with van der Waals surface area (Å²) in [4.78, 5) is 12.0. The number of hydrogen-bond acceptors (Lipinski definition) is 4. The summed E-state index contributed by atoms with van der Waals surface area (Å²) in [5.74, 6) is 0.125. The lowest BCUT2D eigenvalue weighted by Crippen LogP contribution is -2.14. The second-order valence-electron chi connectivity index (χ2n) is 6.09. The Bertz CT molecular complexity index is 1170. The fourth-order valence-corrected chi connectivity index (χ4v) is 3.02. The number of nitrogens with zero attached hydrogens (tertiary/aromatic N) is 2. The van der Waals surface area contributed by atoms with Gasteiger partial charge in [0, 0.05) is 18.0 Å². The van der Waals surface area contributed by atoms with E-state index in [-0.39, 0.29) is 13.2 Å². The Kier molecular flexibility index (Phi) is 4.46. The van der Waals surface area contributed by atoms with Gasteiger partial charge in [-0.05, 0) is 35.0 Å². The quantitative estimate of drug-likeness (QED) is 0.505. The van der Waals surface area contributed by atoms with Crippen LogP contribution in [-0.4, -0.2) is 17.0 Å². The number of nitriles is 1. The van der Waals surface area contributed by atoms with Crippen molar-refractivity contribution < 1.29 is 14.3 Å². The molecule has 27 heavy (non-hydrogen) atoms. The molecule has 0 unspecified atom stereocenters. The fourth-order valence-electron chi connectivity index (χ4n) is 3.02. The van der Waals surface area contributed by atoms with Crippen LogP contribution < -0.4 is 4.74 Å². The van der Waals surface area contributed by atoms with Gasteiger partial charge in [-0.25, -0.2) is 4.79 Å². The molecular weight excluding hydrogens is 340 g/mol. The maximum absolute atomic E-state index is 12.0. The number of pyridine rings is 1. The van der Waals surface area contributed by atoms with E-state index in [1.165, 1.54) is 0 Å². The van der Waals surface area contributed by atoms with Crippen LogP contribution in [0.2, 0.25) is 0 Å². The van der Waals surface area contributed by atoms with Crippen molar-refractivity contribution in [3.8, 4) is 11.8 Å². The van der Waals surface area contributed by atoms with E-state index >= 15 is 0 Å². The molecular formula is C22H16N2O3. The van der Waals surface area contributed by atoms with Crippen LogP contribution in [0.4, 0.5) is 0 Å². The predicted octanol–water partition coefficient (Wildman–Crippen LogP) is 4.09. The third-order valence-electron chi connectivity index (χ3n) is 4.34. The molecule has 4 aromatic rings. The normalized spacial score (nSPS) is 10.6. The molecule has 0 N–H and O–H groups in total. The molecule has 0 bridgehead atoms. The molecule has 0 spiro atoms. The van der Waals surface area contributed by atoms with Crippen LogP contribution in [0.3, 0.4) is 0 Å². The van der Waals surface area contributed by atoms with E-state index in [0.29, 0.717) is 16.9 Å². The molecule has 0 aliphatic rings. The lowest BCUT2D eigenvalue weighted by Gasteiger charge is -2.07. The smallest absolute Gasteiger partial charge is 0.344 e. The van der Waals surface area contributed by atoms with Gasteiger partial charge in [-0.15, -0.1) is 0 Å². The minimum atomic E-state index is -0.484. The summed E-state index contributed by atoms with van der Waals surface area (Å²) in [6.07, 6.45) is 3.65. The predicted molar refractivity (Wildman–Crippen MR) is 101 cm³/mol. The van der Waals surface area contributed by atoms with Gasteiger partial charge in [0.2, 0.25) is 0 Å². The molecule has 0 radical (unpaired) electrons. The Morgan fingerprint density at radius 2 is 1.85 bits per heavy atom. The van der Waals surface area contributed by atoms with Crippen molar-refractivity contribution in [2.24, 2.45) is 0 Å².